The predicted molar refractivity (Wildman–Crippen MR) is 181 cm³/mol. The first kappa shape index (κ1) is 38.3. The number of amides is 2. The summed E-state index contributed by atoms with van der Waals surface area (Å²) in [4.78, 5) is 44.9. The molecule has 48 heavy (non-hydrogen) atoms. The third kappa shape index (κ3) is 11.0. The Kier molecular flexibility index (Phi) is 14.7. The van der Waals surface area contributed by atoms with Crippen molar-refractivity contribution >= 4 is 41.0 Å². The number of benzene rings is 2. The molecule has 3 aromatic rings. The third-order valence-corrected chi connectivity index (χ3v) is 8.94. The number of quaternary nitrogens is 1. The van der Waals surface area contributed by atoms with Crippen LogP contribution in [0.3, 0.4) is 0 Å². The van der Waals surface area contributed by atoms with E-state index in [9.17, 15) is 14.4 Å². The lowest BCUT2D eigenvalue weighted by atomic mass is 9.99. The van der Waals surface area contributed by atoms with E-state index < -0.39 is 5.91 Å². The largest absolute Gasteiger partial charge is 1.00 e. The van der Waals surface area contributed by atoms with E-state index >= 15 is 0 Å². The van der Waals surface area contributed by atoms with Crippen molar-refractivity contribution in [2.45, 2.75) is 51.0 Å². The van der Waals surface area contributed by atoms with Gasteiger partial charge in [-0.05, 0) is 61.1 Å². The molecule has 0 spiro atoms. The number of halogens is 2. The van der Waals surface area contributed by atoms with E-state index in [4.69, 9.17) is 27.8 Å². The average Bonchev–Trinajstić information content (AvgIpc) is 3.07. The van der Waals surface area contributed by atoms with Gasteiger partial charge in [0.15, 0.2) is 22.5 Å². The van der Waals surface area contributed by atoms with Gasteiger partial charge in [-0.1, -0.05) is 35.9 Å². The topological polar surface area (TPSA) is 172 Å². The summed E-state index contributed by atoms with van der Waals surface area (Å²) < 4.78 is 10.8. The maximum absolute atomic E-state index is 13.2. The quantitative estimate of drug-likeness (QED) is 0.131. The van der Waals surface area contributed by atoms with Crippen LogP contribution in [0.1, 0.15) is 64.1 Å². The molecule has 2 heterocycles. The van der Waals surface area contributed by atoms with Gasteiger partial charge in [-0.2, -0.15) is 0 Å². The molecular formula is C34H45Cl2N7O5. The van der Waals surface area contributed by atoms with E-state index in [1.807, 2.05) is 36.4 Å². The number of esters is 1. The van der Waals surface area contributed by atoms with Crippen molar-refractivity contribution in [2.24, 2.45) is 0 Å². The van der Waals surface area contributed by atoms with Gasteiger partial charge >= 0.3 is 5.97 Å². The lowest BCUT2D eigenvalue weighted by molar-refractivity contribution is -0.933. The van der Waals surface area contributed by atoms with Gasteiger partial charge in [0, 0.05) is 24.9 Å². The zero-order valence-corrected chi connectivity index (χ0v) is 29.0. The molecule has 0 aliphatic carbocycles. The first-order valence-corrected chi connectivity index (χ1v) is 16.3. The molecule has 2 unspecified atom stereocenters. The molecule has 4 rings (SSSR count). The van der Waals surface area contributed by atoms with Crippen molar-refractivity contribution in [3.63, 3.8) is 0 Å². The van der Waals surface area contributed by atoms with Crippen molar-refractivity contribution in [3.05, 3.63) is 76.1 Å². The highest BCUT2D eigenvalue weighted by atomic mass is 35.5. The summed E-state index contributed by atoms with van der Waals surface area (Å²) in [5, 5.41) is 5.82. The first-order chi connectivity index (χ1) is 22.6. The summed E-state index contributed by atoms with van der Waals surface area (Å²) in [6.45, 7) is 3.95. The molecule has 1 aromatic heterocycles. The minimum absolute atomic E-state index is 0. The summed E-state index contributed by atoms with van der Waals surface area (Å²) in [6, 6.07) is 15.7. The second-order valence-corrected chi connectivity index (χ2v) is 12.3. The molecule has 2 aromatic carbocycles. The van der Waals surface area contributed by atoms with Crippen LogP contribution in [0, 0.1) is 0 Å². The smallest absolute Gasteiger partial charge is 0.307 e. The Morgan fingerprint density at radius 2 is 1.54 bits per heavy atom. The standard InChI is InChI=1S/C34H44ClN7O5.ClH/c1-46-27-15-11-24(12-16-27)7-4-20-42(19-3-6-23-9-13-25(14-10-23)33(44)38-18-17-28(43)47-2)21-5-8-26(22-42)39-34(45)29-31(36)41-32(37)30(35)40-29;/h9-16,26H,3-8,17-22H2,1-2H3,(H5-,36,37,38,39,41,44,45);1H. The van der Waals surface area contributed by atoms with Crippen LogP contribution in [0.15, 0.2) is 48.5 Å². The fourth-order valence-electron chi connectivity index (χ4n) is 6.16. The molecule has 0 bridgehead atoms. The van der Waals surface area contributed by atoms with E-state index in [0.29, 0.717) is 5.56 Å². The number of nitrogen functional groups attached to an aromatic ring is 2. The molecule has 0 saturated carbocycles. The Balaban J connectivity index is 0.00000625. The Bertz CT molecular complexity index is 1530. The van der Waals surface area contributed by atoms with Crippen molar-refractivity contribution in [1.82, 2.24) is 20.6 Å². The number of nitrogens with zero attached hydrogens (tertiary/aromatic N) is 3. The molecule has 1 saturated heterocycles. The number of aromatic nitrogens is 2. The number of ether oxygens (including phenoxy) is 2. The predicted octanol–water partition coefficient (Wildman–Crippen LogP) is 0.575. The number of hydrogen-bond donors (Lipinski definition) is 4. The van der Waals surface area contributed by atoms with Crippen LogP contribution >= 0.6 is 11.6 Å². The molecule has 2 atom stereocenters. The maximum atomic E-state index is 13.2. The maximum Gasteiger partial charge on any atom is 0.307 e. The minimum Gasteiger partial charge on any atom is -1.00 e. The molecule has 12 nitrogen and oxygen atoms in total. The zero-order valence-electron chi connectivity index (χ0n) is 27.5. The summed E-state index contributed by atoms with van der Waals surface area (Å²) in [5.41, 5.74) is 14.6. The fraction of sp³-hybridized carbons (Fsp3) is 0.441. The van der Waals surface area contributed by atoms with Crippen LogP contribution < -0.4 is 39.2 Å². The highest BCUT2D eigenvalue weighted by molar-refractivity contribution is 6.31. The summed E-state index contributed by atoms with van der Waals surface area (Å²) >= 11 is 6.03. The number of nitrogens with one attached hydrogen (secondary N) is 2. The summed E-state index contributed by atoms with van der Waals surface area (Å²) in [5.74, 6) is -0.224. The van der Waals surface area contributed by atoms with Crippen molar-refractivity contribution in [1.29, 1.82) is 0 Å². The lowest BCUT2D eigenvalue weighted by Gasteiger charge is -2.45. The second kappa shape index (κ2) is 18.4. The monoisotopic (exact) mass is 701 g/mol. The molecular weight excluding hydrogens is 657 g/mol. The van der Waals surface area contributed by atoms with Crippen molar-refractivity contribution < 1.29 is 40.7 Å². The fourth-order valence-corrected chi connectivity index (χ4v) is 6.28. The van der Waals surface area contributed by atoms with E-state index in [-0.39, 0.29) is 65.8 Å². The van der Waals surface area contributed by atoms with E-state index in [1.54, 1.807) is 7.11 Å². The van der Waals surface area contributed by atoms with Gasteiger partial charge in [-0.25, -0.2) is 9.97 Å². The van der Waals surface area contributed by atoms with Crippen molar-refractivity contribution in [3.8, 4) is 5.75 Å². The van der Waals surface area contributed by atoms with Gasteiger partial charge in [-0.3, -0.25) is 14.4 Å². The van der Waals surface area contributed by atoms with Crippen LogP contribution in [-0.4, -0.2) is 85.2 Å². The van der Waals surface area contributed by atoms with Gasteiger partial charge < -0.3 is 48.5 Å². The van der Waals surface area contributed by atoms with Crippen LogP contribution in [-0.2, 0) is 22.4 Å². The summed E-state index contributed by atoms with van der Waals surface area (Å²) in [7, 11) is 2.99. The molecule has 0 radical (unpaired) electrons. The van der Waals surface area contributed by atoms with E-state index in [0.717, 1.165) is 80.5 Å². The molecule has 1 fully saturated rings. The number of likely N-dealkylation sites (tertiary alicyclic amines) is 1. The van der Waals surface area contributed by atoms with Gasteiger partial charge in [0.25, 0.3) is 11.8 Å². The number of anilines is 2. The second-order valence-electron chi connectivity index (χ2n) is 12.0. The lowest BCUT2D eigenvalue weighted by Crippen LogP contribution is -3.00. The van der Waals surface area contributed by atoms with Crippen LogP contribution in [0.4, 0.5) is 11.6 Å². The molecule has 6 N–H and O–H groups in total. The van der Waals surface area contributed by atoms with Crippen LogP contribution in [0.2, 0.25) is 5.15 Å². The van der Waals surface area contributed by atoms with Gasteiger partial charge in [0.2, 0.25) is 0 Å². The zero-order chi connectivity index (χ0) is 33.8. The number of aryl methyl sites for hydroxylation is 2. The van der Waals surface area contributed by atoms with Crippen molar-refractivity contribution in [2.75, 3.05) is 58.4 Å². The number of nitrogens with two attached hydrogens (primary N) is 2. The third-order valence-electron chi connectivity index (χ3n) is 8.66. The average molecular weight is 703 g/mol. The minimum atomic E-state index is -0.408. The highest BCUT2D eigenvalue weighted by Gasteiger charge is 2.35. The Hall–Kier alpha value is -4.13. The number of piperidine rings is 1. The van der Waals surface area contributed by atoms with Gasteiger partial charge in [0.05, 0.1) is 52.9 Å². The molecule has 2 amide bonds. The Morgan fingerprint density at radius 3 is 2.15 bits per heavy atom. The number of carbonyl (C=O) groups excluding carboxylic acids is 3. The van der Waals surface area contributed by atoms with E-state index in [1.165, 1.54) is 12.7 Å². The Labute approximate surface area is 292 Å². The van der Waals surface area contributed by atoms with Gasteiger partial charge in [-0.15, -0.1) is 0 Å². The number of methoxy groups -OCH3 is 2. The normalized spacial score (nSPS) is 17.1. The number of hydrogen-bond acceptors (Lipinski definition) is 9. The highest BCUT2D eigenvalue weighted by Crippen LogP contribution is 2.24. The molecule has 14 heteroatoms. The SMILES string of the molecule is COC(=O)CCNC(=O)c1ccc(CCC[N+]2(CCCc3ccc(OC)cc3)CCCC(NC(=O)c3nc(Cl)c(N)nc3N)C2)cc1.[Cl-]. The van der Waals surface area contributed by atoms with Crippen LogP contribution in [0.25, 0.3) is 0 Å². The first-order valence-electron chi connectivity index (χ1n) is 15.9. The van der Waals surface area contributed by atoms with Crippen LogP contribution in [0.5, 0.6) is 5.75 Å². The van der Waals surface area contributed by atoms with E-state index in [2.05, 4.69) is 37.5 Å². The molecule has 260 valence electrons. The number of rotatable bonds is 15. The molecule has 1 aliphatic rings. The number of carbonyl (C=O) groups is 3. The van der Waals surface area contributed by atoms with Gasteiger partial charge in [0.1, 0.15) is 5.75 Å². The summed E-state index contributed by atoms with van der Waals surface area (Å²) in [6.07, 6.45) is 5.69. The Morgan fingerprint density at radius 1 is 0.917 bits per heavy atom. The molecule has 1 aliphatic heterocycles.